The van der Waals surface area contributed by atoms with Crippen LogP contribution >= 0.6 is 7.82 Å². The number of hydrogen-bond acceptors (Lipinski definition) is 4. The minimum absolute atomic E-state index is 0.0540. The fraction of sp³-hybridized carbons (Fsp3) is 0.571. The molecule has 5 atom stereocenters. The first-order valence-electron chi connectivity index (χ1n) is 9.71. The summed E-state index contributed by atoms with van der Waals surface area (Å²) in [4.78, 5) is 30.1. The quantitative estimate of drug-likeness (QED) is 0.290. The van der Waals surface area contributed by atoms with E-state index in [2.05, 4.69) is 0 Å². The van der Waals surface area contributed by atoms with E-state index in [9.17, 15) is 19.1 Å². The molecule has 0 bridgehead atoms. The lowest BCUT2D eigenvalue weighted by molar-refractivity contribution is -0.149. The summed E-state index contributed by atoms with van der Waals surface area (Å²) in [5, 5.41) is 0. The predicted molar refractivity (Wildman–Crippen MR) is 110 cm³/mol. The molecule has 2 N–H and O–H groups in total. The Labute approximate surface area is 168 Å². The van der Waals surface area contributed by atoms with Crippen LogP contribution < -0.4 is 0 Å². The van der Waals surface area contributed by atoms with Crippen LogP contribution in [0.3, 0.4) is 0 Å². The Morgan fingerprint density at radius 3 is 2.54 bits per heavy atom. The number of allylic oxidation sites excluding steroid dienone is 6. The maximum atomic E-state index is 11.5. The molecular weight excluding hydrogens is 379 g/mol. The largest absolute Gasteiger partial charge is 0.469 e. The Balaban J connectivity index is 2.67. The normalized spacial score (nSPS) is 24.1. The molecule has 1 rings (SSSR count). The van der Waals surface area contributed by atoms with Crippen LogP contribution in [0.1, 0.15) is 47.0 Å². The van der Waals surface area contributed by atoms with E-state index in [0.717, 1.165) is 0 Å². The first-order chi connectivity index (χ1) is 13.1. The second-order valence-electron chi connectivity index (χ2n) is 7.36. The molecule has 7 heteroatoms. The molecule has 0 saturated carbocycles. The van der Waals surface area contributed by atoms with Crippen LogP contribution in [-0.4, -0.2) is 28.0 Å². The van der Waals surface area contributed by atoms with E-state index >= 15 is 0 Å². The molecular formula is C21H33O6P. The molecule has 0 aromatic carbocycles. The van der Waals surface area contributed by atoms with E-state index in [1.54, 1.807) is 0 Å². The van der Waals surface area contributed by atoms with E-state index in [4.69, 9.17) is 9.26 Å². The molecule has 0 saturated heterocycles. The molecule has 0 aliphatic carbocycles. The van der Waals surface area contributed by atoms with Gasteiger partial charge in [0.15, 0.2) is 0 Å². The monoisotopic (exact) mass is 412 g/mol. The van der Waals surface area contributed by atoms with Crippen molar-refractivity contribution in [2.45, 2.75) is 59.2 Å². The minimum atomic E-state index is -4.59. The van der Waals surface area contributed by atoms with Crippen LogP contribution in [0.15, 0.2) is 48.6 Å². The Kier molecular flexibility index (Phi) is 10.7. The van der Waals surface area contributed by atoms with E-state index in [1.807, 2.05) is 70.2 Å². The highest BCUT2D eigenvalue weighted by molar-refractivity contribution is 7.46. The van der Waals surface area contributed by atoms with Gasteiger partial charge in [0.2, 0.25) is 0 Å². The molecule has 0 spiro atoms. The van der Waals surface area contributed by atoms with Crippen molar-refractivity contribution in [2.24, 2.45) is 17.8 Å². The van der Waals surface area contributed by atoms with Crippen molar-refractivity contribution in [1.82, 2.24) is 0 Å². The van der Waals surface area contributed by atoms with Crippen molar-refractivity contribution in [3.05, 3.63) is 48.6 Å². The van der Waals surface area contributed by atoms with Gasteiger partial charge in [0.1, 0.15) is 6.10 Å². The topological polar surface area (TPSA) is 93.1 Å². The molecule has 1 heterocycles. The first kappa shape index (κ1) is 24.6. The Morgan fingerprint density at radius 2 is 1.89 bits per heavy atom. The van der Waals surface area contributed by atoms with Crippen LogP contribution in [-0.2, 0) is 18.6 Å². The summed E-state index contributed by atoms with van der Waals surface area (Å²) in [6.07, 6.45) is 15.7. The van der Waals surface area contributed by atoms with Crippen molar-refractivity contribution in [2.75, 3.05) is 0 Å². The first-order valence-corrected chi connectivity index (χ1v) is 11.2. The zero-order chi connectivity index (χ0) is 21.2. The van der Waals surface area contributed by atoms with Crippen molar-refractivity contribution in [3.63, 3.8) is 0 Å². The summed E-state index contributed by atoms with van der Waals surface area (Å²) in [6, 6.07) is 0. The molecule has 0 radical (unpaired) electrons. The van der Waals surface area contributed by atoms with E-state index in [1.165, 1.54) is 6.08 Å². The Hall–Kier alpha value is -1.46. The summed E-state index contributed by atoms with van der Waals surface area (Å²) in [7, 11) is -4.59. The highest BCUT2D eigenvalue weighted by atomic mass is 31.2. The maximum Gasteiger partial charge on any atom is 0.469 e. The van der Waals surface area contributed by atoms with Crippen LogP contribution in [0.2, 0.25) is 0 Å². The number of ether oxygens (including phenoxy) is 1. The Morgan fingerprint density at radius 1 is 1.21 bits per heavy atom. The highest BCUT2D eigenvalue weighted by Crippen LogP contribution is 2.41. The fourth-order valence-corrected chi connectivity index (χ4v) is 3.89. The number of hydrogen-bond donors (Lipinski definition) is 2. The number of esters is 1. The van der Waals surface area contributed by atoms with Gasteiger partial charge >= 0.3 is 13.8 Å². The zero-order valence-corrected chi connectivity index (χ0v) is 18.0. The molecule has 28 heavy (non-hydrogen) atoms. The molecule has 1 aliphatic rings. The van der Waals surface area contributed by atoms with Crippen molar-refractivity contribution in [3.8, 4) is 0 Å². The zero-order valence-electron chi connectivity index (χ0n) is 17.1. The summed E-state index contributed by atoms with van der Waals surface area (Å²) in [5.74, 6) is -0.253. The predicted octanol–water partition coefficient (Wildman–Crippen LogP) is 4.71. The van der Waals surface area contributed by atoms with Gasteiger partial charge < -0.3 is 14.5 Å². The van der Waals surface area contributed by atoms with Gasteiger partial charge in [-0.25, -0.2) is 9.36 Å². The number of cyclic esters (lactones) is 1. The molecule has 6 nitrogen and oxygen atoms in total. The second-order valence-corrected chi connectivity index (χ2v) is 8.55. The van der Waals surface area contributed by atoms with Gasteiger partial charge in [-0.15, -0.1) is 0 Å². The number of phosphoric ester groups is 1. The van der Waals surface area contributed by atoms with Gasteiger partial charge in [0.05, 0.1) is 6.10 Å². The van der Waals surface area contributed by atoms with Gasteiger partial charge in [-0.3, -0.25) is 4.52 Å². The van der Waals surface area contributed by atoms with Crippen molar-refractivity contribution >= 4 is 13.8 Å². The smallest absolute Gasteiger partial charge is 0.458 e. The third-order valence-electron chi connectivity index (χ3n) is 4.85. The average molecular weight is 412 g/mol. The SMILES string of the molecule is C/C=C/C=C\C=C/C[C@H](C)[C@H](CC[C@H](C)[C@@H]1OC(=O)C=C[C@@H]1C)OP(=O)(O)O. The molecule has 0 unspecified atom stereocenters. The highest BCUT2D eigenvalue weighted by Gasteiger charge is 2.31. The van der Waals surface area contributed by atoms with E-state index in [0.29, 0.717) is 19.3 Å². The fourth-order valence-electron chi connectivity index (χ4n) is 3.23. The van der Waals surface area contributed by atoms with Gasteiger partial charge in [-0.05, 0) is 38.0 Å². The second kappa shape index (κ2) is 12.2. The van der Waals surface area contributed by atoms with Gasteiger partial charge in [0.25, 0.3) is 0 Å². The lowest BCUT2D eigenvalue weighted by atomic mass is 9.86. The summed E-state index contributed by atoms with van der Waals surface area (Å²) in [5.41, 5.74) is 0. The van der Waals surface area contributed by atoms with Crippen LogP contribution in [0.4, 0.5) is 0 Å². The van der Waals surface area contributed by atoms with Crippen molar-refractivity contribution < 1.29 is 28.4 Å². The summed E-state index contributed by atoms with van der Waals surface area (Å²) < 4.78 is 21.9. The van der Waals surface area contributed by atoms with Crippen LogP contribution in [0.5, 0.6) is 0 Å². The Bertz CT molecular complexity index is 645. The lowest BCUT2D eigenvalue weighted by Crippen LogP contribution is -2.34. The molecule has 0 amide bonds. The molecule has 0 aromatic heterocycles. The number of rotatable bonds is 11. The van der Waals surface area contributed by atoms with E-state index in [-0.39, 0.29) is 29.8 Å². The number of carbonyl (C=O) groups excluding carboxylic acids is 1. The lowest BCUT2D eigenvalue weighted by Gasteiger charge is -2.31. The van der Waals surface area contributed by atoms with Crippen LogP contribution in [0, 0.1) is 17.8 Å². The number of carbonyl (C=O) groups is 1. The number of phosphoric acid groups is 1. The summed E-state index contributed by atoms with van der Waals surface area (Å²) >= 11 is 0. The third-order valence-corrected chi connectivity index (χ3v) is 5.40. The standard InChI is InChI=1S/C21H33O6P/c1-5-6-7-8-9-10-11-16(2)19(27-28(23,24)25)14-12-17(3)21-18(4)13-15-20(22)26-21/h5-10,13,15-19,21H,11-12,14H2,1-4H3,(H2,23,24,25)/b6-5+,8-7-,10-9-/t16-,17-,18-,19-,21-/m0/s1. The van der Waals surface area contributed by atoms with Gasteiger partial charge in [-0.1, -0.05) is 63.3 Å². The van der Waals surface area contributed by atoms with Gasteiger partial charge in [-0.2, -0.15) is 0 Å². The van der Waals surface area contributed by atoms with E-state index < -0.39 is 13.9 Å². The molecule has 0 aromatic rings. The minimum Gasteiger partial charge on any atom is -0.458 e. The average Bonchev–Trinajstić information content (AvgIpc) is 2.62. The molecule has 158 valence electrons. The van der Waals surface area contributed by atoms with Crippen molar-refractivity contribution in [1.29, 1.82) is 0 Å². The maximum absolute atomic E-state index is 11.5. The third kappa shape index (κ3) is 9.65. The summed E-state index contributed by atoms with van der Waals surface area (Å²) in [6.45, 7) is 7.82. The molecule has 0 fully saturated rings. The molecule has 1 aliphatic heterocycles. The van der Waals surface area contributed by atoms with Gasteiger partial charge in [0, 0.05) is 12.0 Å². The van der Waals surface area contributed by atoms with Crippen LogP contribution in [0.25, 0.3) is 0 Å².